The summed E-state index contributed by atoms with van der Waals surface area (Å²) in [7, 11) is 0. The van der Waals surface area contributed by atoms with Gasteiger partial charge >= 0.3 is 0 Å². The molecule has 0 atom stereocenters. The molecule has 12 rings (SSSR count). The fourth-order valence-electron chi connectivity index (χ4n) is 9.12. The van der Waals surface area contributed by atoms with E-state index in [1.165, 1.54) is 86.9 Å². The van der Waals surface area contributed by atoms with Crippen molar-refractivity contribution in [3.8, 4) is 67.5 Å². The Kier molecular flexibility index (Phi) is 5.62. The Morgan fingerprint density at radius 1 is 0.327 bits per heavy atom. The first-order valence-electron chi connectivity index (χ1n) is 17.7. The molecule has 0 radical (unpaired) electrons. The second kappa shape index (κ2) is 10.3. The first-order valence-corrected chi connectivity index (χ1v) is 18.6. The molecule has 52 heavy (non-hydrogen) atoms. The number of hydrogen-bond acceptors (Lipinski definition) is 3. The first kappa shape index (κ1) is 28.3. The molecule has 0 unspecified atom stereocenters. The zero-order valence-corrected chi connectivity index (χ0v) is 28.7. The third kappa shape index (κ3) is 3.73. The van der Waals surface area contributed by atoms with Crippen molar-refractivity contribution >= 4 is 31.5 Å². The predicted molar refractivity (Wildman–Crippen MR) is 213 cm³/mol. The highest BCUT2D eigenvalue weighted by molar-refractivity contribution is 7.25. The second-order valence-electron chi connectivity index (χ2n) is 14.0. The van der Waals surface area contributed by atoms with Gasteiger partial charge in [-0.1, -0.05) is 115 Å². The standard InChI is InChI=1S/C49H28O2S/c1-4-15-39-33(12-1)34-13-2-5-16-40(34)49(39)41-26-32(20-22-35(41)37-27-45-46(28-42(37)49)51-44-18-7-6-17-43(44)50-45)30-11-9-10-29(24-30)31-21-23-48-38(25-31)36-14-3-8-19-47(36)52-48/h1-28H. The highest BCUT2D eigenvalue weighted by Gasteiger charge is 2.52. The van der Waals surface area contributed by atoms with Crippen molar-refractivity contribution in [3.63, 3.8) is 0 Å². The molecule has 1 aliphatic heterocycles. The van der Waals surface area contributed by atoms with E-state index in [1.807, 2.05) is 35.6 Å². The van der Waals surface area contributed by atoms with Gasteiger partial charge in [0.1, 0.15) is 0 Å². The lowest BCUT2D eigenvalue weighted by molar-refractivity contribution is 0.359. The van der Waals surface area contributed by atoms with Gasteiger partial charge in [0.2, 0.25) is 0 Å². The van der Waals surface area contributed by atoms with Gasteiger partial charge in [0.05, 0.1) is 5.41 Å². The van der Waals surface area contributed by atoms with Crippen molar-refractivity contribution < 1.29 is 9.47 Å². The van der Waals surface area contributed by atoms with Crippen LogP contribution < -0.4 is 9.47 Å². The van der Waals surface area contributed by atoms with Gasteiger partial charge in [-0.3, -0.25) is 0 Å². The van der Waals surface area contributed by atoms with Crippen LogP contribution in [0.1, 0.15) is 22.3 Å². The number of rotatable bonds is 2. The minimum atomic E-state index is -0.508. The molecule has 1 spiro atoms. The SMILES string of the molecule is c1cc(-c2ccc3c(c2)C2(c4ccccc4-c4ccccc42)c2cc4c(cc2-3)Oc2ccccc2O4)cc(-c2ccc3sc4ccccc4c3c2)c1. The predicted octanol–water partition coefficient (Wildman–Crippen LogP) is 13.6. The third-order valence-electron chi connectivity index (χ3n) is 11.3. The summed E-state index contributed by atoms with van der Waals surface area (Å²) in [5, 5.41) is 2.64. The molecule has 3 aliphatic rings. The Balaban J connectivity index is 1.07. The maximum atomic E-state index is 6.55. The molecule has 2 nitrogen and oxygen atoms in total. The lowest BCUT2D eigenvalue weighted by Crippen LogP contribution is -2.26. The summed E-state index contributed by atoms with van der Waals surface area (Å²) in [6, 6.07) is 61.9. The highest BCUT2D eigenvalue weighted by Crippen LogP contribution is 2.65. The van der Waals surface area contributed by atoms with Crippen molar-refractivity contribution in [2.24, 2.45) is 0 Å². The largest absolute Gasteiger partial charge is 0.450 e. The Morgan fingerprint density at radius 2 is 0.885 bits per heavy atom. The van der Waals surface area contributed by atoms with Crippen LogP contribution in [0.3, 0.4) is 0 Å². The van der Waals surface area contributed by atoms with Gasteiger partial charge < -0.3 is 9.47 Å². The van der Waals surface area contributed by atoms with E-state index in [-0.39, 0.29) is 0 Å². The molecule has 0 bridgehead atoms. The zero-order valence-electron chi connectivity index (χ0n) is 27.9. The van der Waals surface area contributed by atoms with E-state index in [1.54, 1.807) is 0 Å². The topological polar surface area (TPSA) is 18.5 Å². The van der Waals surface area contributed by atoms with Crippen LogP contribution in [0.15, 0.2) is 170 Å². The van der Waals surface area contributed by atoms with Gasteiger partial charge in [-0.2, -0.15) is 0 Å². The van der Waals surface area contributed by atoms with Gasteiger partial charge in [0, 0.05) is 20.2 Å². The van der Waals surface area contributed by atoms with Crippen molar-refractivity contribution in [2.75, 3.05) is 0 Å². The molecular weight excluding hydrogens is 653 g/mol. The quantitative estimate of drug-likeness (QED) is 0.181. The van der Waals surface area contributed by atoms with Gasteiger partial charge in [0.15, 0.2) is 23.0 Å². The Hall–Kier alpha value is -6.42. The maximum absolute atomic E-state index is 6.55. The summed E-state index contributed by atoms with van der Waals surface area (Å²) in [6.45, 7) is 0. The van der Waals surface area contributed by atoms with Crippen LogP contribution in [0.2, 0.25) is 0 Å². The number of para-hydroxylation sites is 2. The molecule has 2 aliphatic carbocycles. The first-order chi connectivity index (χ1) is 25.7. The molecule has 0 N–H and O–H groups in total. The number of ether oxygens (including phenoxy) is 2. The van der Waals surface area contributed by atoms with E-state index in [2.05, 4.69) is 146 Å². The van der Waals surface area contributed by atoms with Crippen molar-refractivity contribution in [1.82, 2.24) is 0 Å². The summed E-state index contributed by atoms with van der Waals surface area (Å²) >= 11 is 1.86. The van der Waals surface area contributed by atoms with Crippen LogP contribution in [-0.2, 0) is 5.41 Å². The average molecular weight is 681 g/mol. The van der Waals surface area contributed by atoms with E-state index in [0.717, 1.165) is 23.0 Å². The Bertz CT molecular complexity index is 2940. The molecule has 8 aromatic carbocycles. The van der Waals surface area contributed by atoms with Crippen molar-refractivity contribution in [2.45, 2.75) is 5.41 Å². The lowest BCUT2D eigenvalue weighted by Gasteiger charge is -2.31. The monoisotopic (exact) mass is 680 g/mol. The minimum Gasteiger partial charge on any atom is -0.450 e. The average Bonchev–Trinajstić information content (AvgIpc) is 3.82. The number of benzene rings is 8. The second-order valence-corrected chi connectivity index (χ2v) is 15.1. The van der Waals surface area contributed by atoms with Crippen LogP contribution in [0.25, 0.3) is 64.7 Å². The maximum Gasteiger partial charge on any atom is 0.170 e. The Morgan fingerprint density at radius 3 is 1.65 bits per heavy atom. The van der Waals surface area contributed by atoms with Gasteiger partial charge in [-0.15, -0.1) is 11.3 Å². The minimum absolute atomic E-state index is 0.508. The van der Waals surface area contributed by atoms with Crippen LogP contribution >= 0.6 is 11.3 Å². The normalized spacial score (nSPS) is 13.8. The molecule has 2 heterocycles. The fourth-order valence-corrected chi connectivity index (χ4v) is 10.2. The van der Waals surface area contributed by atoms with E-state index in [0.29, 0.717) is 0 Å². The third-order valence-corrected chi connectivity index (χ3v) is 12.5. The molecule has 0 fully saturated rings. The van der Waals surface area contributed by atoms with Gasteiger partial charge in [-0.25, -0.2) is 0 Å². The molecule has 9 aromatic rings. The van der Waals surface area contributed by atoms with E-state index in [9.17, 15) is 0 Å². The summed E-state index contributed by atoms with van der Waals surface area (Å²) < 4.78 is 15.7. The van der Waals surface area contributed by atoms with E-state index < -0.39 is 5.41 Å². The fraction of sp³-hybridized carbons (Fsp3) is 0.0204. The molecule has 0 saturated carbocycles. The Labute approximate surface area is 304 Å². The summed E-state index contributed by atoms with van der Waals surface area (Å²) in [5.41, 5.74) is 14.4. The van der Waals surface area contributed by atoms with Crippen LogP contribution in [0, 0.1) is 0 Å². The van der Waals surface area contributed by atoms with Crippen molar-refractivity contribution in [1.29, 1.82) is 0 Å². The number of thiophene rings is 1. The molecule has 242 valence electrons. The number of fused-ring (bicyclic) bond motifs is 15. The van der Waals surface area contributed by atoms with E-state index >= 15 is 0 Å². The molecule has 1 aromatic heterocycles. The van der Waals surface area contributed by atoms with Gasteiger partial charge in [-0.05, 0) is 121 Å². The number of hydrogen-bond donors (Lipinski definition) is 0. The zero-order chi connectivity index (χ0) is 34.0. The molecule has 0 saturated heterocycles. The smallest absolute Gasteiger partial charge is 0.170 e. The van der Waals surface area contributed by atoms with Crippen LogP contribution in [0.4, 0.5) is 0 Å². The molecule has 0 amide bonds. The summed E-state index contributed by atoms with van der Waals surface area (Å²) in [4.78, 5) is 0. The van der Waals surface area contributed by atoms with Crippen LogP contribution in [0.5, 0.6) is 23.0 Å². The lowest BCUT2D eigenvalue weighted by atomic mass is 9.70. The van der Waals surface area contributed by atoms with Crippen LogP contribution in [-0.4, -0.2) is 0 Å². The molecular formula is C49H28O2S. The van der Waals surface area contributed by atoms with Gasteiger partial charge in [0.25, 0.3) is 0 Å². The van der Waals surface area contributed by atoms with E-state index in [4.69, 9.17) is 9.47 Å². The summed E-state index contributed by atoms with van der Waals surface area (Å²) in [5.74, 6) is 2.96. The van der Waals surface area contributed by atoms with Crippen molar-refractivity contribution in [3.05, 3.63) is 192 Å². The molecule has 3 heteroatoms. The summed E-state index contributed by atoms with van der Waals surface area (Å²) in [6.07, 6.45) is 0. The highest BCUT2D eigenvalue weighted by atomic mass is 32.1.